The molecule has 14 nitrogen and oxygen atoms in total. The number of nitrogens with zero attached hydrogens (tertiary/aromatic N) is 4. The van der Waals surface area contributed by atoms with Crippen LogP contribution < -0.4 is 20.7 Å². The summed E-state index contributed by atoms with van der Waals surface area (Å²) in [6.45, 7) is 3.94. The van der Waals surface area contributed by atoms with Crippen molar-refractivity contribution in [1.82, 2.24) is 24.6 Å². The minimum Gasteiger partial charge on any atom is -0.462 e. The molecule has 1 aliphatic carbocycles. The Morgan fingerprint density at radius 3 is 2.61 bits per heavy atom. The van der Waals surface area contributed by atoms with E-state index in [0.717, 1.165) is 17.4 Å². The molecule has 0 unspecified atom stereocenters. The van der Waals surface area contributed by atoms with Crippen molar-refractivity contribution in [2.45, 2.75) is 81.5 Å². The lowest BCUT2D eigenvalue weighted by Gasteiger charge is -2.29. The van der Waals surface area contributed by atoms with Gasteiger partial charge in [0.1, 0.15) is 24.0 Å². The number of nitrogens with one attached hydrogen (secondary N) is 2. The number of carbonyl (C=O) groups excluding carboxylic acids is 1. The molecule has 0 radical (unpaired) electrons. The van der Waals surface area contributed by atoms with Gasteiger partial charge in [0.15, 0.2) is 28.1 Å². The van der Waals surface area contributed by atoms with Gasteiger partial charge >= 0.3 is 13.7 Å². The van der Waals surface area contributed by atoms with E-state index in [-0.39, 0.29) is 28.9 Å². The third-order valence-corrected chi connectivity index (χ3v) is 9.09. The smallest absolute Gasteiger partial charge is 0.459 e. The highest BCUT2D eigenvalue weighted by atomic mass is 35.5. The Morgan fingerprint density at radius 2 is 1.98 bits per heavy atom. The highest BCUT2D eigenvalue weighted by Crippen LogP contribution is 2.51. The van der Waals surface area contributed by atoms with Crippen LogP contribution in [0.15, 0.2) is 36.7 Å². The second-order valence-electron chi connectivity index (χ2n) is 10.8. The monoisotopic (exact) mass is 659 g/mol. The average molecular weight is 660 g/mol. The first-order valence-corrected chi connectivity index (χ1v) is 15.8. The van der Waals surface area contributed by atoms with Gasteiger partial charge in [-0.3, -0.25) is 13.9 Å². The number of hydrogen-bond acceptors (Lipinski definition) is 12. The van der Waals surface area contributed by atoms with Gasteiger partial charge in [0.2, 0.25) is 5.95 Å². The molecule has 1 aromatic carbocycles. The van der Waals surface area contributed by atoms with Gasteiger partial charge in [-0.1, -0.05) is 18.2 Å². The van der Waals surface area contributed by atoms with Crippen molar-refractivity contribution in [1.29, 1.82) is 0 Å². The van der Waals surface area contributed by atoms with E-state index in [1.165, 1.54) is 25.4 Å². The number of ether oxygens (including phenoxy) is 2. The summed E-state index contributed by atoms with van der Waals surface area (Å²) in [7, 11) is -4.42. The molecule has 5 rings (SSSR count). The zero-order valence-electron chi connectivity index (χ0n) is 24.0. The summed E-state index contributed by atoms with van der Waals surface area (Å²) in [5.74, 6) is -0.442. The summed E-state index contributed by atoms with van der Waals surface area (Å²) < 4.78 is 66.3. The molecule has 240 valence electrons. The van der Waals surface area contributed by atoms with Crippen LogP contribution in [0.1, 0.15) is 39.8 Å². The van der Waals surface area contributed by atoms with E-state index in [1.54, 1.807) is 32.0 Å². The van der Waals surface area contributed by atoms with E-state index >= 15 is 0 Å². The standard InChI is InChI=1S/C26H33ClF2N7O7P/c1-13(2)41-22(38)14(3)35-44(39,43-16-7-5-4-6-8-16)40-11-17-19(37)26(27,23(28)29)24(42-17)36-12-31-18-20(32-15-9-10-15)33-25(30)34-21(18)36/h4-8,12-15,17,19,23-24,37H,9-11H2,1-3H3,(H,35,39)(H3,30,32,33,34)/t14-,17-,19-,24-,26+,44+/m1/s1. The van der Waals surface area contributed by atoms with Crippen molar-refractivity contribution in [3.8, 4) is 5.75 Å². The summed E-state index contributed by atoms with van der Waals surface area (Å²) in [5, 5.41) is 16.7. The van der Waals surface area contributed by atoms with Crippen LogP contribution in [0.4, 0.5) is 20.5 Å². The van der Waals surface area contributed by atoms with Gasteiger partial charge < -0.3 is 30.2 Å². The topological polar surface area (TPSA) is 185 Å². The van der Waals surface area contributed by atoms with Gasteiger partial charge in [0, 0.05) is 6.04 Å². The largest absolute Gasteiger partial charge is 0.462 e. The number of rotatable bonds is 13. The van der Waals surface area contributed by atoms with Crippen LogP contribution in [-0.4, -0.2) is 78.9 Å². The molecule has 44 heavy (non-hydrogen) atoms. The summed E-state index contributed by atoms with van der Waals surface area (Å²) >= 11 is 6.44. The van der Waals surface area contributed by atoms with Crippen LogP contribution >= 0.6 is 19.3 Å². The van der Waals surface area contributed by atoms with E-state index < -0.39 is 62.2 Å². The quantitative estimate of drug-likeness (QED) is 0.119. The average Bonchev–Trinajstić information content (AvgIpc) is 3.61. The fraction of sp³-hybridized carbons (Fsp3) is 0.538. The summed E-state index contributed by atoms with van der Waals surface area (Å²) in [4.78, 5) is 22.3. The molecule has 1 saturated carbocycles. The first-order valence-electron chi connectivity index (χ1n) is 13.9. The second kappa shape index (κ2) is 12.7. The summed E-state index contributed by atoms with van der Waals surface area (Å²) in [5.41, 5.74) is 6.18. The second-order valence-corrected chi connectivity index (χ2v) is 13.2. The molecular weight excluding hydrogens is 627 g/mol. The predicted molar refractivity (Wildman–Crippen MR) is 155 cm³/mol. The number of imidazole rings is 1. The van der Waals surface area contributed by atoms with Crippen LogP contribution in [0.5, 0.6) is 5.75 Å². The van der Waals surface area contributed by atoms with E-state index in [2.05, 4.69) is 25.4 Å². The molecule has 1 aliphatic heterocycles. The lowest BCUT2D eigenvalue weighted by molar-refractivity contribution is -0.149. The van der Waals surface area contributed by atoms with Gasteiger partial charge in [-0.05, 0) is 45.7 Å². The molecule has 2 fully saturated rings. The number of alkyl halides is 3. The Balaban J connectivity index is 1.41. The van der Waals surface area contributed by atoms with Crippen LogP contribution in [-0.2, 0) is 23.4 Å². The van der Waals surface area contributed by atoms with E-state index in [9.17, 15) is 23.2 Å². The first-order chi connectivity index (χ1) is 20.8. The van der Waals surface area contributed by atoms with Gasteiger partial charge in [-0.15, -0.1) is 11.6 Å². The maximum atomic E-state index is 14.6. The molecule has 3 heterocycles. The summed E-state index contributed by atoms with van der Waals surface area (Å²) in [6.07, 6.45) is -6.03. The van der Waals surface area contributed by atoms with Crippen molar-refractivity contribution < 1.29 is 41.8 Å². The molecule has 2 aliphatic rings. The predicted octanol–water partition coefficient (Wildman–Crippen LogP) is 3.62. The Morgan fingerprint density at radius 1 is 1.27 bits per heavy atom. The highest BCUT2D eigenvalue weighted by Gasteiger charge is 2.62. The Kier molecular flexibility index (Phi) is 9.31. The van der Waals surface area contributed by atoms with Crippen molar-refractivity contribution in [3.63, 3.8) is 0 Å². The zero-order valence-corrected chi connectivity index (χ0v) is 25.6. The number of nitrogens with two attached hydrogens (primary N) is 1. The number of fused-ring (bicyclic) bond motifs is 1. The van der Waals surface area contributed by atoms with E-state index in [1.807, 2.05) is 0 Å². The van der Waals surface area contributed by atoms with Gasteiger partial charge in [-0.25, -0.2) is 18.3 Å². The molecule has 18 heteroatoms. The van der Waals surface area contributed by atoms with Gasteiger partial charge in [0.25, 0.3) is 6.43 Å². The minimum absolute atomic E-state index is 0.0438. The normalized spacial score (nSPS) is 25.7. The molecule has 2 aromatic heterocycles. The molecule has 0 spiro atoms. The lowest BCUT2D eigenvalue weighted by Crippen LogP contribution is -2.48. The number of nitrogen functional groups attached to an aromatic ring is 1. The number of anilines is 2. The zero-order chi connectivity index (χ0) is 31.8. The first kappa shape index (κ1) is 32.3. The maximum absolute atomic E-state index is 14.6. The third kappa shape index (κ3) is 6.75. The van der Waals surface area contributed by atoms with Crippen molar-refractivity contribution in [3.05, 3.63) is 36.7 Å². The third-order valence-electron chi connectivity index (χ3n) is 6.87. The molecule has 0 amide bonds. The number of aliphatic hydroxyl groups is 1. The van der Waals surface area contributed by atoms with Crippen LogP contribution in [0.3, 0.4) is 0 Å². The highest BCUT2D eigenvalue weighted by molar-refractivity contribution is 7.52. The number of halogens is 3. The Bertz CT molecular complexity index is 1530. The number of hydrogen-bond donors (Lipinski definition) is 4. The molecule has 3 aromatic rings. The molecule has 5 N–H and O–H groups in total. The molecule has 0 bridgehead atoms. The van der Waals surface area contributed by atoms with Gasteiger partial charge in [0.05, 0.1) is 19.0 Å². The SMILES string of the molecule is CC(C)OC(=O)[C@@H](C)N[P@](=O)(OC[C@H]1O[C@@H](n2cnc3c(NC4CC4)nc(N)nc32)[C@@](Cl)(C(F)F)[C@@H]1O)Oc1ccccc1. The van der Waals surface area contributed by atoms with Crippen molar-refractivity contribution >= 4 is 48.2 Å². The van der Waals surface area contributed by atoms with Crippen LogP contribution in [0, 0.1) is 0 Å². The molecule has 1 saturated heterocycles. The number of carbonyl (C=O) groups is 1. The number of para-hydroxylation sites is 1. The molecule has 6 atom stereocenters. The Hall–Kier alpha value is -3.14. The fourth-order valence-corrected chi connectivity index (χ4v) is 6.35. The van der Waals surface area contributed by atoms with E-state index in [4.69, 9.17) is 35.9 Å². The molecular formula is C26H33ClF2N7O7P. The maximum Gasteiger partial charge on any atom is 0.459 e. The summed E-state index contributed by atoms with van der Waals surface area (Å²) in [6, 6.07) is 6.94. The van der Waals surface area contributed by atoms with Gasteiger partial charge in [-0.2, -0.15) is 15.1 Å². The van der Waals surface area contributed by atoms with Crippen LogP contribution in [0.25, 0.3) is 11.2 Å². The lowest BCUT2D eigenvalue weighted by atomic mass is 9.99. The van der Waals surface area contributed by atoms with Crippen molar-refractivity contribution in [2.24, 2.45) is 0 Å². The number of benzene rings is 1. The number of aromatic nitrogens is 4. The van der Waals surface area contributed by atoms with E-state index in [0.29, 0.717) is 5.82 Å². The fourth-order valence-electron chi connectivity index (χ4n) is 4.55. The van der Waals surface area contributed by atoms with Crippen LogP contribution in [0.2, 0.25) is 0 Å². The van der Waals surface area contributed by atoms with Crippen molar-refractivity contribution in [2.75, 3.05) is 17.7 Å². The number of aliphatic hydroxyl groups excluding tert-OH is 1. The Labute approximate surface area is 256 Å². The minimum atomic E-state index is -4.42. The number of esters is 1.